The molecule has 0 heterocycles. The van der Waals surface area contributed by atoms with Crippen molar-refractivity contribution in [3.8, 4) is 0 Å². The number of phosphoric acid groups is 2. The summed E-state index contributed by atoms with van der Waals surface area (Å²) < 4.78 is 68.1. The van der Waals surface area contributed by atoms with Crippen LogP contribution in [0, 0.1) is 23.7 Å². The smallest absolute Gasteiger partial charge is 0.462 e. The molecule has 0 aliphatic rings. The van der Waals surface area contributed by atoms with E-state index in [0.717, 1.165) is 108 Å². The van der Waals surface area contributed by atoms with Crippen molar-refractivity contribution >= 4 is 39.5 Å². The van der Waals surface area contributed by atoms with E-state index in [1.807, 2.05) is 0 Å². The maximum Gasteiger partial charge on any atom is 0.472 e. The van der Waals surface area contributed by atoms with Crippen molar-refractivity contribution in [2.45, 2.75) is 356 Å². The molecular formula is C69H134O17P2. The van der Waals surface area contributed by atoms with Gasteiger partial charge in [0, 0.05) is 25.7 Å². The predicted molar refractivity (Wildman–Crippen MR) is 354 cm³/mol. The summed E-state index contributed by atoms with van der Waals surface area (Å²) >= 11 is 0. The Kier molecular flexibility index (Phi) is 57.6. The van der Waals surface area contributed by atoms with E-state index in [1.165, 1.54) is 135 Å². The standard InChI is InChI=1S/C69H134O17P2/c1-59(2)45-37-29-21-16-14-12-10-9-11-13-15-17-24-33-41-49-66(71)79-56-65(86-69(74)52-44-36-28-27-32-40-48-62(7)8)58-84-88(77,78)82-54-63(70)53-81-87(75,76)83-57-64(55-80-67(72)50-42-34-26-20-23-31-39-47-61(5)6)85-68(73)51-43-35-25-19-18-22-30-38-46-60(3)4/h59-65,70H,9-58H2,1-8H3,(H,75,76)(H,77,78)/t63?,64-,65-/m1/s1. The summed E-state index contributed by atoms with van der Waals surface area (Å²) in [6.07, 6.45) is 40.7. The number of aliphatic hydroxyl groups excluding tert-OH is 1. The Balaban J connectivity index is 5.17. The van der Waals surface area contributed by atoms with Crippen LogP contribution in [0.4, 0.5) is 0 Å². The van der Waals surface area contributed by atoms with E-state index in [9.17, 15) is 43.2 Å². The molecule has 0 aromatic carbocycles. The van der Waals surface area contributed by atoms with E-state index in [1.54, 1.807) is 0 Å². The van der Waals surface area contributed by atoms with Crippen LogP contribution in [-0.2, 0) is 65.4 Å². The first-order valence-electron chi connectivity index (χ1n) is 35.7. The van der Waals surface area contributed by atoms with Crippen LogP contribution in [0.1, 0.15) is 338 Å². The van der Waals surface area contributed by atoms with Gasteiger partial charge < -0.3 is 33.8 Å². The van der Waals surface area contributed by atoms with E-state index in [-0.39, 0.29) is 25.7 Å². The average molecular weight is 1300 g/mol. The van der Waals surface area contributed by atoms with Gasteiger partial charge in [-0.25, -0.2) is 9.13 Å². The van der Waals surface area contributed by atoms with Crippen LogP contribution in [0.15, 0.2) is 0 Å². The fourth-order valence-electron chi connectivity index (χ4n) is 10.3. The Bertz CT molecular complexity index is 1750. The molecule has 0 amide bonds. The van der Waals surface area contributed by atoms with Crippen molar-refractivity contribution in [1.29, 1.82) is 0 Å². The number of rotatable bonds is 66. The van der Waals surface area contributed by atoms with Crippen molar-refractivity contribution in [2.75, 3.05) is 39.6 Å². The summed E-state index contributed by atoms with van der Waals surface area (Å²) in [6.45, 7) is 14.0. The lowest BCUT2D eigenvalue weighted by atomic mass is 10.0. The van der Waals surface area contributed by atoms with E-state index in [4.69, 9.17) is 37.0 Å². The lowest BCUT2D eigenvalue weighted by Gasteiger charge is -2.21. The molecule has 0 rings (SSSR count). The zero-order valence-corrected chi connectivity index (χ0v) is 59.1. The summed E-state index contributed by atoms with van der Waals surface area (Å²) in [5.41, 5.74) is 0. The van der Waals surface area contributed by atoms with Crippen LogP contribution in [0.2, 0.25) is 0 Å². The highest BCUT2D eigenvalue weighted by Crippen LogP contribution is 2.45. The molecule has 0 radical (unpaired) electrons. The van der Waals surface area contributed by atoms with Crippen molar-refractivity contribution in [3.05, 3.63) is 0 Å². The van der Waals surface area contributed by atoms with E-state index >= 15 is 0 Å². The van der Waals surface area contributed by atoms with Gasteiger partial charge in [-0.1, -0.05) is 287 Å². The number of aliphatic hydroxyl groups is 1. The van der Waals surface area contributed by atoms with E-state index < -0.39 is 97.5 Å². The molecule has 0 aliphatic heterocycles. The molecule has 0 aromatic heterocycles. The highest BCUT2D eigenvalue weighted by Gasteiger charge is 2.30. The lowest BCUT2D eigenvalue weighted by molar-refractivity contribution is -0.161. The van der Waals surface area contributed by atoms with Gasteiger partial charge in [-0.3, -0.25) is 37.3 Å². The minimum atomic E-state index is -4.95. The number of esters is 4. The molecule has 0 aromatic rings. The van der Waals surface area contributed by atoms with Crippen molar-refractivity contribution in [1.82, 2.24) is 0 Å². The lowest BCUT2D eigenvalue weighted by Crippen LogP contribution is -2.30. The number of hydrogen-bond donors (Lipinski definition) is 3. The van der Waals surface area contributed by atoms with Gasteiger partial charge in [-0.15, -0.1) is 0 Å². The summed E-state index contributed by atoms with van der Waals surface area (Å²) in [7, 11) is -9.90. The van der Waals surface area contributed by atoms with Gasteiger partial charge in [0.15, 0.2) is 12.2 Å². The SMILES string of the molecule is CC(C)CCCCCCCCCCCCCCCCCC(=O)OC[C@H](COP(=O)(O)OCC(O)COP(=O)(O)OC[C@@H](COC(=O)CCCCCCCCCC(C)C)OC(=O)CCCCCCCCCCC(C)C)OC(=O)CCCCCCCCC(C)C. The highest BCUT2D eigenvalue weighted by molar-refractivity contribution is 7.47. The van der Waals surface area contributed by atoms with Gasteiger partial charge in [0.1, 0.15) is 19.3 Å². The Labute approximate surface area is 537 Å². The molecule has 88 heavy (non-hydrogen) atoms. The third kappa shape index (κ3) is 62.8. The first kappa shape index (κ1) is 86.1. The van der Waals surface area contributed by atoms with Crippen LogP contribution >= 0.6 is 15.6 Å². The maximum absolute atomic E-state index is 13.0. The number of carbonyl (C=O) groups excluding carboxylic acids is 4. The molecule has 0 saturated heterocycles. The Morgan fingerprint density at radius 1 is 0.284 bits per heavy atom. The first-order chi connectivity index (χ1) is 42.1. The number of ether oxygens (including phenoxy) is 4. The summed E-state index contributed by atoms with van der Waals surface area (Å²) in [6, 6.07) is 0. The molecule has 0 fully saturated rings. The van der Waals surface area contributed by atoms with Crippen LogP contribution in [0.5, 0.6) is 0 Å². The first-order valence-corrected chi connectivity index (χ1v) is 38.7. The molecule has 0 saturated carbocycles. The maximum atomic E-state index is 13.0. The molecule has 3 unspecified atom stereocenters. The number of unbranched alkanes of at least 4 members (excludes halogenated alkanes) is 32. The summed E-state index contributed by atoms with van der Waals surface area (Å²) in [5.74, 6) is 0.761. The largest absolute Gasteiger partial charge is 0.472 e. The molecule has 522 valence electrons. The van der Waals surface area contributed by atoms with Crippen LogP contribution < -0.4 is 0 Å². The summed E-state index contributed by atoms with van der Waals surface area (Å²) in [4.78, 5) is 72.4. The predicted octanol–water partition coefficient (Wildman–Crippen LogP) is 19.3. The van der Waals surface area contributed by atoms with Gasteiger partial charge in [0.25, 0.3) is 0 Å². The zero-order chi connectivity index (χ0) is 65.4. The highest BCUT2D eigenvalue weighted by atomic mass is 31.2. The van der Waals surface area contributed by atoms with Crippen molar-refractivity contribution in [2.24, 2.45) is 23.7 Å². The van der Waals surface area contributed by atoms with Crippen molar-refractivity contribution < 1.29 is 80.2 Å². The molecular weight excluding hydrogens is 1160 g/mol. The van der Waals surface area contributed by atoms with E-state index in [2.05, 4.69) is 55.4 Å². The molecule has 0 aliphatic carbocycles. The summed E-state index contributed by atoms with van der Waals surface area (Å²) in [5, 5.41) is 10.6. The Morgan fingerprint density at radius 2 is 0.477 bits per heavy atom. The second-order valence-electron chi connectivity index (χ2n) is 26.8. The van der Waals surface area contributed by atoms with Gasteiger partial charge >= 0.3 is 39.5 Å². The normalized spacial score (nSPS) is 14.3. The second kappa shape index (κ2) is 58.8. The fraction of sp³-hybridized carbons (Fsp3) is 0.942. The van der Waals surface area contributed by atoms with Crippen molar-refractivity contribution in [3.63, 3.8) is 0 Å². The van der Waals surface area contributed by atoms with Gasteiger partial charge in [0.2, 0.25) is 0 Å². The molecule has 5 atom stereocenters. The molecule has 0 spiro atoms. The molecule has 3 N–H and O–H groups in total. The van der Waals surface area contributed by atoms with Crippen LogP contribution in [0.25, 0.3) is 0 Å². The Hall–Kier alpha value is -1.94. The topological polar surface area (TPSA) is 237 Å². The average Bonchev–Trinajstić information content (AvgIpc) is 3.59. The second-order valence-corrected chi connectivity index (χ2v) is 29.7. The third-order valence-electron chi connectivity index (χ3n) is 15.8. The molecule has 19 heteroatoms. The number of phosphoric ester groups is 2. The fourth-order valence-corrected chi connectivity index (χ4v) is 11.9. The Morgan fingerprint density at radius 3 is 0.705 bits per heavy atom. The van der Waals surface area contributed by atoms with Gasteiger partial charge in [-0.05, 0) is 49.4 Å². The zero-order valence-electron chi connectivity index (χ0n) is 57.3. The third-order valence-corrected chi connectivity index (χ3v) is 17.7. The minimum Gasteiger partial charge on any atom is -0.462 e. The monoisotopic (exact) mass is 1300 g/mol. The van der Waals surface area contributed by atoms with Gasteiger partial charge in [0.05, 0.1) is 26.4 Å². The number of carbonyl (C=O) groups is 4. The minimum absolute atomic E-state index is 0.102. The molecule has 0 bridgehead atoms. The van der Waals surface area contributed by atoms with Crippen LogP contribution in [0.3, 0.4) is 0 Å². The number of hydrogen-bond acceptors (Lipinski definition) is 15. The molecule has 17 nitrogen and oxygen atoms in total. The quantitative estimate of drug-likeness (QED) is 0.0222. The van der Waals surface area contributed by atoms with E-state index in [0.29, 0.717) is 37.5 Å². The van der Waals surface area contributed by atoms with Gasteiger partial charge in [-0.2, -0.15) is 0 Å². The van der Waals surface area contributed by atoms with Crippen LogP contribution in [-0.4, -0.2) is 96.7 Å².